The van der Waals surface area contributed by atoms with Gasteiger partial charge in [-0.1, -0.05) is 18.2 Å². The van der Waals surface area contributed by atoms with Gasteiger partial charge in [-0.05, 0) is 49.2 Å². The van der Waals surface area contributed by atoms with Gasteiger partial charge in [0.25, 0.3) is 0 Å². The Morgan fingerprint density at radius 1 is 1.18 bits per heavy atom. The van der Waals surface area contributed by atoms with E-state index in [9.17, 15) is 9.59 Å². The monoisotopic (exact) mass is 382 g/mol. The maximum absolute atomic E-state index is 12.2. The summed E-state index contributed by atoms with van der Waals surface area (Å²) in [6.45, 7) is 3.51. The predicted molar refractivity (Wildman–Crippen MR) is 111 cm³/mol. The van der Waals surface area contributed by atoms with Gasteiger partial charge in [0.2, 0.25) is 0 Å². The van der Waals surface area contributed by atoms with Gasteiger partial charge >= 0.3 is 12.1 Å². The highest BCUT2D eigenvalue weighted by molar-refractivity contribution is 5.90. The van der Waals surface area contributed by atoms with Gasteiger partial charge in [-0.3, -0.25) is 4.90 Å². The Labute approximate surface area is 165 Å². The van der Waals surface area contributed by atoms with Gasteiger partial charge in [0, 0.05) is 43.2 Å². The number of amides is 3. The number of ether oxygens (including phenoxy) is 1. The Bertz CT molecular complexity index is 838. The van der Waals surface area contributed by atoms with Crippen LogP contribution in [0.3, 0.4) is 0 Å². The van der Waals surface area contributed by atoms with Crippen molar-refractivity contribution in [1.29, 1.82) is 0 Å². The van der Waals surface area contributed by atoms with E-state index in [1.807, 2.05) is 6.07 Å². The van der Waals surface area contributed by atoms with Gasteiger partial charge < -0.3 is 20.3 Å². The minimum absolute atomic E-state index is 0.255. The summed E-state index contributed by atoms with van der Waals surface area (Å²) in [5.74, 6) is 0. The number of hydrogen-bond donors (Lipinski definition) is 2. The zero-order valence-electron chi connectivity index (χ0n) is 16.4. The van der Waals surface area contributed by atoms with Crippen LogP contribution in [0.25, 0.3) is 0 Å². The Kier molecular flexibility index (Phi) is 6.03. The molecule has 0 radical (unpaired) electrons. The molecule has 3 rings (SSSR count). The fourth-order valence-electron chi connectivity index (χ4n) is 3.45. The zero-order chi connectivity index (χ0) is 20.1. The second-order valence-corrected chi connectivity index (χ2v) is 6.83. The van der Waals surface area contributed by atoms with Crippen LogP contribution in [-0.4, -0.2) is 45.4 Å². The molecule has 2 N–H and O–H groups in total. The van der Waals surface area contributed by atoms with Gasteiger partial charge in [0.15, 0.2) is 0 Å². The zero-order valence-corrected chi connectivity index (χ0v) is 16.4. The van der Waals surface area contributed by atoms with Crippen molar-refractivity contribution < 1.29 is 14.3 Å². The fraction of sp³-hybridized carbons (Fsp3) is 0.333. The van der Waals surface area contributed by atoms with Crippen molar-refractivity contribution in [1.82, 2.24) is 5.32 Å². The van der Waals surface area contributed by atoms with Gasteiger partial charge in [-0.25, -0.2) is 9.59 Å². The highest BCUT2D eigenvalue weighted by Crippen LogP contribution is 2.31. The summed E-state index contributed by atoms with van der Waals surface area (Å²) in [5, 5.41) is 5.70. The van der Waals surface area contributed by atoms with Crippen LogP contribution < -0.4 is 20.4 Å². The molecule has 7 nitrogen and oxygen atoms in total. The Hall–Kier alpha value is -3.22. The SMILES string of the molecule is COC(=O)N(C)c1ccc(NC(=O)NCCN2c3ccccc3C[C@H]2C)cc1. The van der Waals surface area contributed by atoms with E-state index in [4.69, 9.17) is 0 Å². The average molecular weight is 382 g/mol. The lowest BCUT2D eigenvalue weighted by Crippen LogP contribution is -2.39. The van der Waals surface area contributed by atoms with Crippen LogP contribution >= 0.6 is 0 Å². The molecule has 1 aliphatic rings. The lowest BCUT2D eigenvalue weighted by Gasteiger charge is -2.25. The molecular weight excluding hydrogens is 356 g/mol. The van der Waals surface area contributed by atoms with Gasteiger partial charge in [-0.2, -0.15) is 0 Å². The summed E-state index contributed by atoms with van der Waals surface area (Å²) in [6.07, 6.45) is 0.588. The van der Waals surface area contributed by atoms with Crippen molar-refractivity contribution in [2.75, 3.05) is 42.4 Å². The summed E-state index contributed by atoms with van der Waals surface area (Å²) in [7, 11) is 2.96. The first-order valence-corrected chi connectivity index (χ1v) is 9.30. The Morgan fingerprint density at radius 2 is 1.89 bits per heavy atom. The fourth-order valence-corrected chi connectivity index (χ4v) is 3.45. The largest absolute Gasteiger partial charge is 0.452 e. The molecule has 0 unspecified atom stereocenters. The van der Waals surface area contributed by atoms with Gasteiger partial charge in [-0.15, -0.1) is 0 Å². The molecule has 1 aliphatic heterocycles. The predicted octanol–water partition coefficient (Wildman–Crippen LogP) is 3.46. The van der Waals surface area contributed by atoms with Crippen molar-refractivity contribution in [3.63, 3.8) is 0 Å². The number of nitrogens with zero attached hydrogens (tertiary/aromatic N) is 2. The van der Waals surface area contributed by atoms with Crippen molar-refractivity contribution >= 4 is 29.2 Å². The summed E-state index contributed by atoms with van der Waals surface area (Å²) >= 11 is 0. The quantitative estimate of drug-likeness (QED) is 0.831. The summed E-state index contributed by atoms with van der Waals surface area (Å²) < 4.78 is 4.68. The minimum atomic E-state index is -0.448. The lowest BCUT2D eigenvalue weighted by atomic mass is 10.1. The van der Waals surface area contributed by atoms with Crippen LogP contribution in [0.4, 0.5) is 26.7 Å². The van der Waals surface area contributed by atoms with Gasteiger partial charge in [0.05, 0.1) is 7.11 Å². The van der Waals surface area contributed by atoms with Crippen LogP contribution in [-0.2, 0) is 11.2 Å². The smallest absolute Gasteiger partial charge is 0.413 e. The molecule has 0 aliphatic carbocycles. The molecular formula is C21H26N4O3. The van der Waals surface area contributed by atoms with Crippen LogP contribution in [0.2, 0.25) is 0 Å². The van der Waals surface area contributed by atoms with E-state index in [0.717, 1.165) is 13.0 Å². The molecule has 0 aromatic heterocycles. The first kappa shape index (κ1) is 19.5. The maximum atomic E-state index is 12.2. The topological polar surface area (TPSA) is 73.9 Å². The van der Waals surface area contributed by atoms with Crippen molar-refractivity contribution in [2.45, 2.75) is 19.4 Å². The number of carbonyl (C=O) groups excluding carboxylic acids is 2. The van der Waals surface area contributed by atoms with E-state index in [1.54, 1.807) is 31.3 Å². The first-order valence-electron chi connectivity index (χ1n) is 9.30. The van der Waals surface area contributed by atoms with E-state index in [0.29, 0.717) is 24.0 Å². The molecule has 2 aromatic carbocycles. The number of para-hydroxylation sites is 1. The minimum Gasteiger partial charge on any atom is -0.452 e. The van der Waals surface area contributed by atoms with E-state index in [2.05, 4.69) is 45.4 Å². The van der Waals surface area contributed by atoms with Crippen LogP contribution in [0.15, 0.2) is 48.5 Å². The molecule has 148 valence electrons. The molecule has 7 heteroatoms. The van der Waals surface area contributed by atoms with Crippen molar-refractivity contribution in [3.05, 3.63) is 54.1 Å². The number of fused-ring (bicyclic) bond motifs is 1. The number of rotatable bonds is 5. The molecule has 0 saturated carbocycles. The number of carbonyl (C=O) groups is 2. The third-order valence-electron chi connectivity index (χ3n) is 4.95. The normalized spacial score (nSPS) is 15.0. The standard InChI is InChI=1S/C21H26N4O3/c1-15-14-16-6-4-5-7-19(16)25(15)13-12-22-20(26)23-17-8-10-18(11-9-17)24(2)21(27)28-3/h4-11,15H,12-14H2,1-3H3,(H2,22,23,26)/t15-/m1/s1. The average Bonchev–Trinajstić information content (AvgIpc) is 3.02. The molecule has 0 bridgehead atoms. The number of benzene rings is 2. The van der Waals surface area contributed by atoms with Gasteiger partial charge in [0.1, 0.15) is 0 Å². The maximum Gasteiger partial charge on any atom is 0.413 e. The lowest BCUT2D eigenvalue weighted by molar-refractivity contribution is 0.180. The molecule has 0 spiro atoms. The van der Waals surface area contributed by atoms with Crippen LogP contribution in [0, 0.1) is 0 Å². The Morgan fingerprint density at radius 3 is 2.61 bits per heavy atom. The number of methoxy groups -OCH3 is 1. The molecule has 0 saturated heterocycles. The van der Waals surface area contributed by atoms with Crippen LogP contribution in [0.5, 0.6) is 0 Å². The number of nitrogens with one attached hydrogen (secondary N) is 2. The first-order chi connectivity index (χ1) is 13.5. The number of urea groups is 1. The second-order valence-electron chi connectivity index (χ2n) is 6.83. The molecule has 1 atom stereocenters. The molecule has 3 amide bonds. The van der Waals surface area contributed by atoms with E-state index >= 15 is 0 Å². The van der Waals surface area contributed by atoms with Crippen LogP contribution in [0.1, 0.15) is 12.5 Å². The second kappa shape index (κ2) is 8.65. The highest BCUT2D eigenvalue weighted by atomic mass is 16.5. The van der Waals surface area contributed by atoms with Crippen molar-refractivity contribution in [3.8, 4) is 0 Å². The number of hydrogen-bond acceptors (Lipinski definition) is 4. The third-order valence-corrected chi connectivity index (χ3v) is 4.95. The Balaban J connectivity index is 1.48. The molecule has 28 heavy (non-hydrogen) atoms. The molecule has 2 aromatic rings. The molecule has 0 fully saturated rings. The number of anilines is 3. The summed E-state index contributed by atoms with van der Waals surface area (Å²) in [5.41, 5.74) is 3.94. The van der Waals surface area contributed by atoms with Crippen molar-refractivity contribution in [2.24, 2.45) is 0 Å². The summed E-state index contributed by atoms with van der Waals surface area (Å²) in [4.78, 5) is 27.4. The highest BCUT2D eigenvalue weighted by Gasteiger charge is 2.24. The van der Waals surface area contributed by atoms with E-state index < -0.39 is 6.09 Å². The summed E-state index contributed by atoms with van der Waals surface area (Å²) in [6, 6.07) is 15.6. The van der Waals surface area contributed by atoms with E-state index in [-0.39, 0.29) is 6.03 Å². The molecule has 1 heterocycles. The third kappa shape index (κ3) is 4.36. The van der Waals surface area contributed by atoms with E-state index in [1.165, 1.54) is 23.3 Å².